The van der Waals surface area contributed by atoms with Gasteiger partial charge in [-0.15, -0.1) is 11.3 Å². The number of hydrogen-bond donors (Lipinski definition) is 2. The Morgan fingerprint density at radius 3 is 3.00 bits per heavy atom. The third kappa shape index (κ3) is 2.24. The van der Waals surface area contributed by atoms with Gasteiger partial charge in [0.15, 0.2) is 0 Å². The van der Waals surface area contributed by atoms with Crippen molar-refractivity contribution in [1.29, 1.82) is 0 Å². The molecule has 0 aliphatic rings. The van der Waals surface area contributed by atoms with Crippen LogP contribution in [-0.2, 0) is 6.54 Å². The summed E-state index contributed by atoms with van der Waals surface area (Å²) in [6.07, 6.45) is 3.58. The van der Waals surface area contributed by atoms with E-state index in [2.05, 4.69) is 15.3 Å². The zero-order chi connectivity index (χ0) is 13.2. The van der Waals surface area contributed by atoms with Crippen LogP contribution in [0.25, 0.3) is 10.8 Å². The SMILES string of the molecule is Cc1ncsc1CNc1ccc2cnccc2c1N. The van der Waals surface area contributed by atoms with Crippen molar-refractivity contribution in [2.75, 3.05) is 11.1 Å². The molecule has 0 saturated carbocycles. The van der Waals surface area contributed by atoms with Gasteiger partial charge in [-0.05, 0) is 19.1 Å². The largest absolute Gasteiger partial charge is 0.397 e. The Morgan fingerprint density at radius 2 is 2.21 bits per heavy atom. The number of thiazole rings is 1. The standard InChI is InChI=1S/C14H14N4S/c1-9-13(19-8-18-9)7-17-12-3-2-10-6-16-5-4-11(10)14(12)15/h2-6,8,17H,7,15H2,1H3. The van der Waals surface area contributed by atoms with Crippen molar-refractivity contribution in [3.8, 4) is 0 Å². The zero-order valence-corrected chi connectivity index (χ0v) is 11.4. The lowest BCUT2D eigenvalue weighted by Gasteiger charge is -2.11. The van der Waals surface area contributed by atoms with E-state index in [9.17, 15) is 0 Å². The van der Waals surface area contributed by atoms with E-state index in [1.54, 1.807) is 17.5 Å². The molecule has 0 unspecified atom stereocenters. The highest BCUT2D eigenvalue weighted by Crippen LogP contribution is 2.28. The molecule has 2 aromatic heterocycles. The fourth-order valence-electron chi connectivity index (χ4n) is 2.02. The number of hydrogen-bond acceptors (Lipinski definition) is 5. The van der Waals surface area contributed by atoms with Gasteiger partial charge < -0.3 is 11.1 Å². The predicted molar refractivity (Wildman–Crippen MR) is 80.3 cm³/mol. The molecule has 0 atom stereocenters. The molecule has 3 N–H and O–H groups in total. The van der Waals surface area contributed by atoms with Crippen molar-refractivity contribution in [1.82, 2.24) is 9.97 Å². The minimum absolute atomic E-state index is 0.747. The number of benzene rings is 1. The van der Waals surface area contributed by atoms with Gasteiger partial charge in [0.05, 0.1) is 29.1 Å². The lowest BCUT2D eigenvalue weighted by molar-refractivity contribution is 1.12. The minimum Gasteiger partial charge on any atom is -0.397 e. The number of fused-ring (bicyclic) bond motifs is 1. The normalized spacial score (nSPS) is 10.8. The maximum absolute atomic E-state index is 6.19. The van der Waals surface area contributed by atoms with Crippen LogP contribution in [0.15, 0.2) is 36.1 Å². The molecule has 0 aliphatic heterocycles. The first kappa shape index (κ1) is 11.9. The van der Waals surface area contributed by atoms with Crippen LogP contribution in [0.3, 0.4) is 0 Å². The molecule has 5 heteroatoms. The van der Waals surface area contributed by atoms with Crippen molar-refractivity contribution < 1.29 is 0 Å². The van der Waals surface area contributed by atoms with Gasteiger partial charge in [0, 0.05) is 28.0 Å². The number of nitrogens with zero attached hydrogens (tertiary/aromatic N) is 2. The van der Waals surface area contributed by atoms with Crippen molar-refractivity contribution in [3.63, 3.8) is 0 Å². The number of anilines is 2. The maximum atomic E-state index is 6.19. The highest BCUT2D eigenvalue weighted by molar-refractivity contribution is 7.09. The first-order valence-electron chi connectivity index (χ1n) is 6.01. The van der Waals surface area contributed by atoms with Crippen molar-refractivity contribution in [2.24, 2.45) is 0 Å². The monoisotopic (exact) mass is 270 g/mol. The second-order valence-corrected chi connectivity index (χ2v) is 5.28. The van der Waals surface area contributed by atoms with Gasteiger partial charge in [-0.3, -0.25) is 4.98 Å². The number of nitrogens with one attached hydrogen (secondary N) is 1. The van der Waals surface area contributed by atoms with Gasteiger partial charge in [0.2, 0.25) is 0 Å². The number of aryl methyl sites for hydroxylation is 1. The molecule has 0 amide bonds. The Labute approximate surface area is 115 Å². The van der Waals surface area contributed by atoms with Gasteiger partial charge in [-0.2, -0.15) is 0 Å². The lowest BCUT2D eigenvalue weighted by atomic mass is 10.1. The van der Waals surface area contributed by atoms with Gasteiger partial charge in [0.25, 0.3) is 0 Å². The maximum Gasteiger partial charge on any atom is 0.0798 e. The van der Waals surface area contributed by atoms with E-state index in [0.29, 0.717) is 0 Å². The zero-order valence-electron chi connectivity index (χ0n) is 10.6. The molecule has 2 heterocycles. The fourth-order valence-corrected chi connectivity index (χ4v) is 2.74. The van der Waals surface area contributed by atoms with Crippen molar-refractivity contribution in [3.05, 3.63) is 46.7 Å². The molecule has 96 valence electrons. The first-order chi connectivity index (χ1) is 9.25. The second-order valence-electron chi connectivity index (χ2n) is 4.34. The molecular formula is C14H14N4S. The molecule has 19 heavy (non-hydrogen) atoms. The Kier molecular flexibility index (Phi) is 3.05. The Bertz CT molecular complexity index is 720. The van der Waals surface area contributed by atoms with Gasteiger partial charge >= 0.3 is 0 Å². The summed E-state index contributed by atoms with van der Waals surface area (Å²) in [6.45, 7) is 2.76. The topological polar surface area (TPSA) is 63.8 Å². The lowest BCUT2D eigenvalue weighted by Crippen LogP contribution is -2.02. The van der Waals surface area contributed by atoms with Gasteiger partial charge in [-0.25, -0.2) is 4.98 Å². The van der Waals surface area contributed by atoms with Crippen LogP contribution in [-0.4, -0.2) is 9.97 Å². The predicted octanol–water partition coefficient (Wildman–Crippen LogP) is 3.19. The molecule has 0 radical (unpaired) electrons. The van der Waals surface area contributed by atoms with E-state index in [1.165, 1.54) is 4.88 Å². The van der Waals surface area contributed by atoms with E-state index in [1.807, 2.05) is 36.8 Å². The summed E-state index contributed by atoms with van der Waals surface area (Å²) in [5.74, 6) is 0. The van der Waals surface area contributed by atoms with E-state index < -0.39 is 0 Å². The van der Waals surface area contributed by atoms with Gasteiger partial charge in [-0.1, -0.05) is 6.07 Å². The highest BCUT2D eigenvalue weighted by Gasteiger charge is 2.06. The van der Waals surface area contributed by atoms with Crippen LogP contribution in [0.1, 0.15) is 10.6 Å². The Hall–Kier alpha value is -2.14. The van der Waals surface area contributed by atoms with E-state index >= 15 is 0 Å². The quantitative estimate of drug-likeness (QED) is 0.717. The summed E-state index contributed by atoms with van der Waals surface area (Å²) in [4.78, 5) is 9.57. The number of nitrogens with two attached hydrogens (primary N) is 1. The smallest absolute Gasteiger partial charge is 0.0798 e. The first-order valence-corrected chi connectivity index (χ1v) is 6.88. The summed E-state index contributed by atoms with van der Waals surface area (Å²) in [6, 6.07) is 5.96. The minimum atomic E-state index is 0.747. The van der Waals surface area contributed by atoms with Gasteiger partial charge in [0.1, 0.15) is 0 Å². The van der Waals surface area contributed by atoms with Crippen LogP contribution in [0.5, 0.6) is 0 Å². The summed E-state index contributed by atoms with van der Waals surface area (Å²) < 4.78 is 0. The number of pyridine rings is 1. The molecule has 3 aromatic rings. The molecule has 0 fully saturated rings. The number of rotatable bonds is 3. The average Bonchev–Trinajstić information content (AvgIpc) is 2.84. The fraction of sp³-hybridized carbons (Fsp3) is 0.143. The van der Waals surface area contributed by atoms with Crippen molar-refractivity contribution >= 4 is 33.5 Å². The van der Waals surface area contributed by atoms with Crippen LogP contribution < -0.4 is 11.1 Å². The summed E-state index contributed by atoms with van der Waals surface area (Å²) in [5, 5.41) is 5.46. The average molecular weight is 270 g/mol. The van der Waals surface area contributed by atoms with E-state index in [-0.39, 0.29) is 0 Å². The van der Waals surface area contributed by atoms with E-state index in [4.69, 9.17) is 5.73 Å². The third-order valence-corrected chi connectivity index (χ3v) is 4.08. The van der Waals surface area contributed by atoms with Crippen LogP contribution in [0.2, 0.25) is 0 Å². The second kappa shape index (κ2) is 4.85. The molecule has 3 rings (SSSR count). The molecule has 4 nitrogen and oxygen atoms in total. The highest BCUT2D eigenvalue weighted by atomic mass is 32.1. The van der Waals surface area contributed by atoms with Crippen LogP contribution >= 0.6 is 11.3 Å². The Morgan fingerprint density at radius 1 is 1.32 bits per heavy atom. The molecule has 0 bridgehead atoms. The van der Waals surface area contributed by atoms with Crippen LogP contribution in [0, 0.1) is 6.92 Å². The molecule has 1 aromatic carbocycles. The number of nitrogen functional groups attached to an aromatic ring is 1. The molecule has 0 saturated heterocycles. The third-order valence-electron chi connectivity index (χ3n) is 3.15. The molecule has 0 aliphatic carbocycles. The molecular weight excluding hydrogens is 256 g/mol. The van der Waals surface area contributed by atoms with E-state index in [0.717, 1.165) is 34.4 Å². The summed E-state index contributed by atoms with van der Waals surface area (Å²) >= 11 is 1.65. The number of aromatic nitrogens is 2. The van der Waals surface area contributed by atoms with Crippen molar-refractivity contribution in [2.45, 2.75) is 13.5 Å². The summed E-state index contributed by atoms with van der Waals surface area (Å²) in [7, 11) is 0. The van der Waals surface area contributed by atoms with Crippen LogP contribution in [0.4, 0.5) is 11.4 Å². The molecule has 0 spiro atoms. The summed E-state index contributed by atoms with van der Waals surface area (Å²) in [5.41, 5.74) is 10.8. The Balaban J connectivity index is 1.89.